The monoisotopic (exact) mass is 1540 g/mol. The number of hydrogen-bond donors (Lipinski definition) is 0. The summed E-state index contributed by atoms with van der Waals surface area (Å²) < 4.78 is 215. The first-order chi connectivity index (χ1) is 69.5. The van der Waals surface area contributed by atoms with Crippen molar-refractivity contribution >= 4 is 129 Å². The van der Waals surface area contributed by atoms with Crippen molar-refractivity contribution in [1.29, 1.82) is 0 Å². The van der Waals surface area contributed by atoms with Crippen LogP contribution in [-0.2, 0) is 0 Å². The lowest BCUT2D eigenvalue weighted by Crippen LogP contribution is -1.92. The van der Waals surface area contributed by atoms with Gasteiger partial charge < -0.3 is 0 Å². The van der Waals surface area contributed by atoms with E-state index >= 15 is 0 Å². The van der Waals surface area contributed by atoms with E-state index in [9.17, 15) is 16.4 Å². The topological polar surface area (TPSA) is 0 Å². The summed E-state index contributed by atoms with van der Waals surface area (Å²) >= 11 is 0. The van der Waals surface area contributed by atoms with Gasteiger partial charge in [0.1, 0.15) is 0 Å². The van der Waals surface area contributed by atoms with Crippen molar-refractivity contribution in [3.8, 4) is 100 Å². The molecule has 24 aromatic carbocycles. The fourth-order valence-electron chi connectivity index (χ4n) is 17.7. The van der Waals surface area contributed by atoms with Gasteiger partial charge in [0.15, 0.2) is 0 Å². The van der Waals surface area contributed by atoms with E-state index in [1.165, 1.54) is 0 Å². The molecular weight excluding hydrogens is 1440 g/mol. The van der Waals surface area contributed by atoms with Gasteiger partial charge in [-0.1, -0.05) is 460 Å². The Morgan fingerprint density at radius 2 is 0.342 bits per heavy atom. The van der Waals surface area contributed by atoms with Crippen LogP contribution in [0, 0.1) is 0 Å². The first-order valence-corrected chi connectivity index (χ1v) is 39.6. The molecule has 0 unspecified atom stereocenters. The summed E-state index contributed by atoms with van der Waals surface area (Å²) in [5.41, 5.74) is 11.4. The van der Waals surface area contributed by atoms with E-state index in [1.807, 2.05) is 285 Å². The molecule has 0 spiro atoms. The minimum atomic E-state index is -0.414. The Morgan fingerprint density at radius 1 is 0.117 bits per heavy atom. The Kier molecular flexibility index (Phi) is 12.7. The zero-order chi connectivity index (χ0) is 100. The molecule has 0 radical (unpaired) electrons. The molecule has 0 aliphatic heterocycles. The van der Waals surface area contributed by atoms with E-state index in [0.717, 1.165) is 98.0 Å². The van der Waals surface area contributed by atoms with Gasteiger partial charge >= 0.3 is 0 Å². The molecule has 0 bridgehead atoms. The van der Waals surface area contributed by atoms with Crippen LogP contribution in [-0.4, -0.2) is 0 Å². The highest BCUT2D eigenvalue weighted by atomic mass is 14.3. The molecule has 0 atom stereocenters. The second kappa shape index (κ2) is 30.5. The van der Waals surface area contributed by atoms with Crippen molar-refractivity contribution in [2.45, 2.75) is 0 Å². The SMILES string of the molecule is [2H]c1c([2H])c([2H])c2c(-c3cccc4ccccc34)c3c([2H])c([2H])c([2H])c([2H])c3c(-c3ccc(-c4ccc5ccccc5c4)cc3)c2c1[2H].[2H]c1c([2H])c([2H])c2c(-c3cccc4ccccc34)c3c([2H])c([2H])c([2H])c([2H])c3c(-c3ccc(-c4cccc5ccccc45)cc3)c2c1[2H].[2H]c1c([2H])c([2H])c2c(-c3cccc4ccccc34)c3c([2H])c([2H])c([2H])c([2H])c3c(-c3cccc(-c4cccc5ccccc45)c3)c2c1[2H]. The standard InChI is InChI=1S/3C40H26/c1-3-18-31-27(12-1)14-10-24-33(31)29-16-9-17-30(26-29)39-35-20-5-7-22-37(35)40(38-23-8-6-21-36(38)39)34-25-11-15-28-13-2-4-19-32(28)34;1-3-15-31-27(11-1)13-9-21-32(31)29-23-25-30(26-24-29)39-35-17-5-7-19-37(35)40(38-20-8-6-18-36(38)39)34-22-10-14-28-12-2-4-16-33(28)34;1-2-12-31-26-32(25-22-27(31)10-1)28-20-23-30(24-21-28)39-35-15-5-7-17-37(35)40(38-18-8-6-16-36(38)39)34-19-9-13-29-11-3-4-14-33(29)34/h3*1-26H/i5D,6D,7D,8D,20D,21D,22D,23D;5D,6D,7D,8D,17D,18D,19D,20D;5D,6D,7D,8D,15D,16D,17D,18D. The first kappa shape index (κ1) is 50.0. The average Bonchev–Trinajstić information content (AvgIpc) is 0.702. The van der Waals surface area contributed by atoms with Gasteiger partial charge in [0.2, 0.25) is 0 Å². The normalized spacial score (nSPS) is 14.3. The van der Waals surface area contributed by atoms with Gasteiger partial charge in [0.05, 0.1) is 32.9 Å². The Balaban J connectivity index is 0.000000123. The maximum Gasteiger partial charge on any atom is 0.0629 e. The van der Waals surface area contributed by atoms with Gasteiger partial charge in [-0.25, -0.2) is 0 Å². The predicted molar refractivity (Wildman–Crippen MR) is 518 cm³/mol. The molecule has 0 aliphatic carbocycles. The van der Waals surface area contributed by atoms with Crippen molar-refractivity contribution in [2.24, 2.45) is 0 Å². The maximum atomic E-state index is 9.28. The summed E-state index contributed by atoms with van der Waals surface area (Å²) in [6, 6.07) is 97.3. The fraction of sp³-hybridized carbons (Fsp3) is 0. The number of benzene rings is 24. The lowest BCUT2D eigenvalue weighted by atomic mass is 9.84. The molecule has 0 heteroatoms. The van der Waals surface area contributed by atoms with Crippen LogP contribution in [0.15, 0.2) is 473 Å². The molecule has 0 heterocycles. The Labute approximate surface area is 731 Å². The number of hydrogen-bond acceptors (Lipinski definition) is 0. The van der Waals surface area contributed by atoms with E-state index in [1.54, 1.807) is 0 Å². The molecule has 0 aromatic heterocycles. The fourth-order valence-corrected chi connectivity index (χ4v) is 17.7. The van der Waals surface area contributed by atoms with Gasteiger partial charge in [-0.05, 0) is 242 Å². The van der Waals surface area contributed by atoms with Crippen LogP contribution in [0.4, 0.5) is 0 Å². The van der Waals surface area contributed by atoms with Crippen molar-refractivity contribution < 1.29 is 32.9 Å². The van der Waals surface area contributed by atoms with Crippen LogP contribution in [0.25, 0.3) is 229 Å². The van der Waals surface area contributed by atoms with E-state index in [-0.39, 0.29) is 137 Å². The quantitative estimate of drug-likeness (QED) is 0.126. The second-order valence-electron chi connectivity index (χ2n) is 29.7. The molecule has 24 rings (SSSR count). The first-order valence-electron chi connectivity index (χ1n) is 51.6. The smallest absolute Gasteiger partial charge is 0.0616 e. The summed E-state index contributed by atoms with van der Waals surface area (Å²) in [6.07, 6.45) is 0. The highest BCUT2D eigenvalue weighted by Crippen LogP contribution is 2.51. The van der Waals surface area contributed by atoms with Crippen LogP contribution in [0.5, 0.6) is 0 Å². The highest BCUT2D eigenvalue weighted by Gasteiger charge is 2.23. The van der Waals surface area contributed by atoms with Crippen molar-refractivity contribution in [2.75, 3.05) is 0 Å². The lowest BCUT2D eigenvalue weighted by molar-refractivity contribution is 1.63. The zero-order valence-corrected chi connectivity index (χ0v) is 64.2. The molecular formula is C120H78. The van der Waals surface area contributed by atoms with Crippen molar-refractivity contribution in [3.05, 3.63) is 473 Å². The Hall–Kier alpha value is -15.6. The van der Waals surface area contributed by atoms with Crippen molar-refractivity contribution in [1.82, 2.24) is 0 Å². The Morgan fingerprint density at radius 3 is 0.683 bits per heavy atom. The third-order valence-electron chi connectivity index (χ3n) is 23.1. The molecule has 120 heavy (non-hydrogen) atoms. The zero-order valence-electron chi connectivity index (χ0n) is 88.2. The molecule has 0 N–H and O–H groups in total. The summed E-state index contributed by atoms with van der Waals surface area (Å²) in [4.78, 5) is 0. The lowest BCUT2D eigenvalue weighted by Gasteiger charge is -2.19. The summed E-state index contributed by atoms with van der Waals surface area (Å²) in [5.74, 6) is 0. The van der Waals surface area contributed by atoms with Gasteiger partial charge in [0.25, 0.3) is 0 Å². The van der Waals surface area contributed by atoms with E-state index in [0.29, 0.717) is 66.8 Å². The average molecular weight is 1540 g/mol. The molecule has 24 aromatic rings. The van der Waals surface area contributed by atoms with Crippen LogP contribution in [0.3, 0.4) is 0 Å². The van der Waals surface area contributed by atoms with E-state index in [4.69, 9.17) is 16.4 Å². The molecule has 0 amide bonds. The minimum Gasteiger partial charge on any atom is -0.0616 e. The molecule has 0 saturated carbocycles. The third kappa shape index (κ3) is 12.6. The summed E-state index contributed by atoms with van der Waals surface area (Å²) in [6.45, 7) is 0. The van der Waals surface area contributed by atoms with E-state index in [2.05, 4.69) is 42.5 Å². The van der Waals surface area contributed by atoms with Gasteiger partial charge in [0, 0.05) is 0 Å². The van der Waals surface area contributed by atoms with Crippen LogP contribution >= 0.6 is 0 Å². The predicted octanol–water partition coefficient (Wildman–Crippen LogP) is 33.9. The minimum absolute atomic E-state index is 0.205. The molecule has 0 fully saturated rings. The molecule has 0 aliphatic rings. The maximum absolute atomic E-state index is 9.28. The molecule has 0 saturated heterocycles. The van der Waals surface area contributed by atoms with Crippen LogP contribution in [0.2, 0.25) is 0 Å². The number of rotatable bonds is 9. The van der Waals surface area contributed by atoms with Crippen molar-refractivity contribution in [3.63, 3.8) is 0 Å². The molecule has 0 nitrogen and oxygen atoms in total. The number of fused-ring (bicyclic) bond motifs is 12. The van der Waals surface area contributed by atoms with Gasteiger partial charge in [-0.2, -0.15) is 0 Å². The molecule has 558 valence electrons. The van der Waals surface area contributed by atoms with Crippen LogP contribution in [0.1, 0.15) is 32.9 Å². The second-order valence-corrected chi connectivity index (χ2v) is 29.7. The largest absolute Gasteiger partial charge is 0.0629 e. The third-order valence-corrected chi connectivity index (χ3v) is 23.1. The highest BCUT2D eigenvalue weighted by molar-refractivity contribution is 6.27. The van der Waals surface area contributed by atoms with Gasteiger partial charge in [-0.3, -0.25) is 0 Å². The van der Waals surface area contributed by atoms with E-state index < -0.39 is 72.5 Å². The van der Waals surface area contributed by atoms with Crippen LogP contribution < -0.4 is 0 Å². The summed E-state index contributed by atoms with van der Waals surface area (Å²) in [5, 5.41) is 14.1. The summed E-state index contributed by atoms with van der Waals surface area (Å²) in [7, 11) is 0. The Bertz CT molecular complexity index is 9430. The van der Waals surface area contributed by atoms with Gasteiger partial charge in [-0.15, -0.1) is 0 Å².